The molecule has 1 fully saturated rings. The molecule has 0 radical (unpaired) electrons. The Hall–Kier alpha value is -1.47. The number of aryl methyl sites for hydroxylation is 1. The SMILES string of the molecule is C1COCCN1.CC(C)CCCCCCc1cc2ccccc2c(S(=O)(=O)O)c1CCCCCCC(C)C. The highest BCUT2D eigenvalue weighted by atomic mass is 32.2. The van der Waals surface area contributed by atoms with E-state index in [1.165, 1.54) is 38.5 Å². The van der Waals surface area contributed by atoms with Gasteiger partial charge in [0.1, 0.15) is 4.90 Å². The molecule has 5 nitrogen and oxygen atoms in total. The number of morpholine rings is 1. The highest BCUT2D eigenvalue weighted by Crippen LogP contribution is 2.32. The van der Waals surface area contributed by atoms with Crippen LogP contribution in [0.5, 0.6) is 0 Å². The molecule has 2 aromatic rings. The zero-order valence-corrected chi connectivity index (χ0v) is 25.3. The molecule has 0 unspecified atom stereocenters. The van der Waals surface area contributed by atoms with E-state index in [1.807, 2.05) is 24.3 Å². The van der Waals surface area contributed by atoms with E-state index in [1.54, 1.807) is 0 Å². The molecule has 1 saturated heterocycles. The second kappa shape index (κ2) is 18.0. The molecule has 0 amide bonds. The molecule has 216 valence electrons. The minimum Gasteiger partial charge on any atom is -0.379 e. The lowest BCUT2D eigenvalue weighted by Crippen LogP contribution is -2.30. The van der Waals surface area contributed by atoms with Gasteiger partial charge in [0.05, 0.1) is 13.2 Å². The predicted molar refractivity (Wildman–Crippen MR) is 161 cm³/mol. The molecule has 0 atom stereocenters. The fourth-order valence-electron chi connectivity index (χ4n) is 5.15. The molecule has 38 heavy (non-hydrogen) atoms. The van der Waals surface area contributed by atoms with Crippen LogP contribution in [-0.2, 0) is 27.7 Å². The van der Waals surface area contributed by atoms with Gasteiger partial charge in [-0.05, 0) is 54.0 Å². The van der Waals surface area contributed by atoms with Crippen LogP contribution in [0.15, 0.2) is 35.2 Å². The van der Waals surface area contributed by atoms with Crippen LogP contribution >= 0.6 is 0 Å². The molecule has 1 heterocycles. The third-order valence-corrected chi connectivity index (χ3v) is 8.22. The molecule has 6 heteroatoms. The number of benzene rings is 2. The van der Waals surface area contributed by atoms with Crippen LogP contribution in [0.25, 0.3) is 10.8 Å². The minimum atomic E-state index is -4.29. The van der Waals surface area contributed by atoms with Gasteiger partial charge in [0.15, 0.2) is 0 Å². The summed E-state index contributed by atoms with van der Waals surface area (Å²) in [5.74, 6) is 1.48. The zero-order valence-electron chi connectivity index (χ0n) is 24.4. The van der Waals surface area contributed by atoms with Crippen LogP contribution < -0.4 is 5.32 Å². The van der Waals surface area contributed by atoms with Crippen molar-refractivity contribution in [1.82, 2.24) is 5.32 Å². The molecule has 1 aliphatic rings. The van der Waals surface area contributed by atoms with Gasteiger partial charge < -0.3 is 10.1 Å². The first-order valence-electron chi connectivity index (χ1n) is 15.0. The third kappa shape index (κ3) is 12.6. The fraction of sp³-hybridized carbons (Fsp3) is 0.688. The standard InChI is InChI=1S/C28H44O3S.C4H9NO/c1-22(2)15-9-5-7-11-17-24-21-25-18-13-14-20-27(25)28(32(29,30)31)26(24)19-12-8-6-10-16-23(3)4;1-3-6-4-2-5-1/h13-14,18,20-23H,5-12,15-17,19H2,1-4H3,(H,29,30,31);5H,1-4H2. The molecule has 3 rings (SSSR count). The van der Waals surface area contributed by atoms with Crippen molar-refractivity contribution in [3.63, 3.8) is 0 Å². The Labute approximate surface area is 232 Å². The van der Waals surface area contributed by atoms with E-state index in [4.69, 9.17) is 4.74 Å². The van der Waals surface area contributed by atoms with Crippen molar-refractivity contribution in [2.45, 2.75) is 110 Å². The summed E-state index contributed by atoms with van der Waals surface area (Å²) in [4.78, 5) is 0.146. The lowest BCUT2D eigenvalue weighted by atomic mass is 9.92. The van der Waals surface area contributed by atoms with Crippen LogP contribution in [0.2, 0.25) is 0 Å². The Morgan fingerprint density at radius 2 is 1.37 bits per heavy atom. The van der Waals surface area contributed by atoms with Crippen LogP contribution in [0.3, 0.4) is 0 Å². The first kappa shape index (κ1) is 32.7. The second-order valence-electron chi connectivity index (χ2n) is 11.6. The van der Waals surface area contributed by atoms with Gasteiger partial charge >= 0.3 is 0 Å². The van der Waals surface area contributed by atoms with Crippen molar-refractivity contribution in [2.75, 3.05) is 26.3 Å². The lowest BCUT2D eigenvalue weighted by molar-refractivity contribution is 0.109. The Morgan fingerprint density at radius 3 is 1.87 bits per heavy atom. The fourth-order valence-corrected chi connectivity index (χ4v) is 6.16. The number of nitrogens with one attached hydrogen (secondary N) is 1. The minimum absolute atomic E-state index is 0.146. The van der Waals surface area contributed by atoms with Crippen molar-refractivity contribution in [2.24, 2.45) is 11.8 Å². The predicted octanol–water partition coefficient (Wildman–Crippen LogP) is 7.99. The van der Waals surface area contributed by atoms with Gasteiger partial charge in [-0.25, -0.2) is 0 Å². The first-order valence-corrected chi connectivity index (χ1v) is 16.4. The second-order valence-corrected chi connectivity index (χ2v) is 13.0. The molecule has 0 aliphatic carbocycles. The maximum absolute atomic E-state index is 12.5. The molecular formula is C32H53NO4S. The maximum Gasteiger partial charge on any atom is 0.295 e. The highest BCUT2D eigenvalue weighted by molar-refractivity contribution is 7.86. The van der Waals surface area contributed by atoms with E-state index >= 15 is 0 Å². The maximum atomic E-state index is 12.5. The Morgan fingerprint density at radius 1 is 0.816 bits per heavy atom. The van der Waals surface area contributed by atoms with Crippen molar-refractivity contribution in [3.05, 3.63) is 41.5 Å². The first-order chi connectivity index (χ1) is 18.2. The van der Waals surface area contributed by atoms with E-state index in [2.05, 4.69) is 39.1 Å². The van der Waals surface area contributed by atoms with Crippen LogP contribution in [0.1, 0.15) is 103 Å². The van der Waals surface area contributed by atoms with Gasteiger partial charge in [-0.1, -0.05) is 109 Å². The Balaban J connectivity index is 0.000000739. The summed E-state index contributed by atoms with van der Waals surface area (Å²) in [5.41, 5.74) is 1.94. The normalized spacial score (nSPS) is 14.2. The van der Waals surface area contributed by atoms with Crippen molar-refractivity contribution >= 4 is 20.9 Å². The van der Waals surface area contributed by atoms with Gasteiger partial charge in [-0.2, -0.15) is 8.42 Å². The molecule has 1 aliphatic heterocycles. The van der Waals surface area contributed by atoms with E-state index in [0.717, 1.165) is 86.8 Å². The molecule has 2 N–H and O–H groups in total. The van der Waals surface area contributed by atoms with Gasteiger partial charge in [0, 0.05) is 18.5 Å². The monoisotopic (exact) mass is 547 g/mol. The van der Waals surface area contributed by atoms with Crippen molar-refractivity contribution in [3.8, 4) is 0 Å². The smallest absolute Gasteiger partial charge is 0.295 e. The van der Waals surface area contributed by atoms with Crippen LogP contribution in [0.4, 0.5) is 0 Å². The summed E-state index contributed by atoms with van der Waals surface area (Å²) in [6.07, 6.45) is 13.3. The molecule has 0 spiro atoms. The van der Waals surface area contributed by atoms with Crippen molar-refractivity contribution < 1.29 is 17.7 Å². The number of rotatable bonds is 15. The summed E-state index contributed by atoms with van der Waals surface area (Å²) < 4.78 is 40.1. The lowest BCUT2D eigenvalue weighted by Gasteiger charge is -2.17. The van der Waals surface area contributed by atoms with Crippen molar-refractivity contribution in [1.29, 1.82) is 0 Å². The summed E-state index contributed by atoms with van der Waals surface area (Å²) in [6, 6.07) is 9.71. The molecule has 0 saturated carbocycles. The van der Waals surface area contributed by atoms with E-state index < -0.39 is 10.1 Å². The molecule has 2 aromatic carbocycles. The number of ether oxygens (including phenoxy) is 1. The molecule has 0 aromatic heterocycles. The average molecular weight is 548 g/mol. The summed E-state index contributed by atoms with van der Waals surface area (Å²) in [7, 11) is -4.29. The number of hydrogen-bond donors (Lipinski definition) is 2. The average Bonchev–Trinajstić information content (AvgIpc) is 2.88. The zero-order chi connectivity index (χ0) is 27.8. The van der Waals surface area contributed by atoms with Gasteiger partial charge in [-0.3, -0.25) is 4.55 Å². The third-order valence-electron chi connectivity index (χ3n) is 7.24. The molecule has 0 bridgehead atoms. The summed E-state index contributed by atoms with van der Waals surface area (Å²) in [5, 5.41) is 4.70. The summed E-state index contributed by atoms with van der Waals surface area (Å²) >= 11 is 0. The largest absolute Gasteiger partial charge is 0.379 e. The number of hydrogen-bond acceptors (Lipinski definition) is 4. The number of unbranched alkanes of at least 4 members (excludes halogenated alkanes) is 6. The van der Waals surface area contributed by atoms with Gasteiger partial charge in [-0.15, -0.1) is 0 Å². The van der Waals surface area contributed by atoms with E-state index in [0.29, 0.717) is 11.8 Å². The van der Waals surface area contributed by atoms with Gasteiger partial charge in [0.25, 0.3) is 10.1 Å². The van der Waals surface area contributed by atoms with Gasteiger partial charge in [0.2, 0.25) is 0 Å². The quantitative estimate of drug-likeness (QED) is 0.175. The van der Waals surface area contributed by atoms with Crippen LogP contribution in [0, 0.1) is 11.8 Å². The van der Waals surface area contributed by atoms with E-state index in [9.17, 15) is 13.0 Å². The highest BCUT2D eigenvalue weighted by Gasteiger charge is 2.22. The Kier molecular flexibility index (Phi) is 15.5. The van der Waals surface area contributed by atoms with Crippen LogP contribution in [-0.4, -0.2) is 39.3 Å². The number of fused-ring (bicyclic) bond motifs is 1. The topological polar surface area (TPSA) is 75.6 Å². The summed E-state index contributed by atoms with van der Waals surface area (Å²) in [6.45, 7) is 12.9. The Bertz CT molecular complexity index is 1020. The van der Waals surface area contributed by atoms with E-state index in [-0.39, 0.29) is 4.90 Å². The molecular weight excluding hydrogens is 494 g/mol.